The van der Waals surface area contributed by atoms with E-state index in [4.69, 9.17) is 4.74 Å². The Morgan fingerprint density at radius 1 is 1.50 bits per heavy atom. The van der Waals surface area contributed by atoms with E-state index in [1.807, 2.05) is 37.9 Å². The molecule has 0 spiro atoms. The molecule has 0 aliphatic carbocycles. The van der Waals surface area contributed by atoms with Crippen molar-refractivity contribution in [1.82, 2.24) is 14.7 Å². The largest absolute Gasteiger partial charge is 0.444 e. The zero-order valence-corrected chi connectivity index (χ0v) is 12.1. The summed E-state index contributed by atoms with van der Waals surface area (Å²) in [5, 5.41) is 4.46. The molecule has 0 atom stereocenters. The summed E-state index contributed by atoms with van der Waals surface area (Å²) in [6.45, 7) is 6.76. The van der Waals surface area contributed by atoms with Crippen molar-refractivity contribution < 1.29 is 9.53 Å². The Hall–Kier alpha value is -1.17. The number of aromatic nitrogens is 2. The monoisotopic (exact) mass is 269 g/mol. The Balaban J connectivity index is 1.98. The highest BCUT2D eigenvalue weighted by molar-refractivity contribution is 7.97. The van der Waals surface area contributed by atoms with Crippen molar-refractivity contribution in [3.8, 4) is 0 Å². The van der Waals surface area contributed by atoms with E-state index in [-0.39, 0.29) is 6.09 Å². The third-order valence-corrected chi connectivity index (χ3v) is 3.06. The van der Waals surface area contributed by atoms with Crippen molar-refractivity contribution in [2.24, 2.45) is 0 Å². The lowest BCUT2D eigenvalue weighted by molar-refractivity contribution is 0.0239. The number of carbonyl (C=O) groups is 1. The number of nitrogens with zero attached hydrogens (tertiary/aromatic N) is 3. The van der Waals surface area contributed by atoms with Crippen LogP contribution in [0.1, 0.15) is 32.0 Å². The van der Waals surface area contributed by atoms with E-state index >= 15 is 0 Å². The van der Waals surface area contributed by atoms with Gasteiger partial charge in [-0.1, -0.05) is 0 Å². The molecule has 6 heteroatoms. The van der Waals surface area contributed by atoms with Crippen molar-refractivity contribution in [3.05, 3.63) is 17.5 Å². The minimum Gasteiger partial charge on any atom is -0.444 e. The second-order valence-electron chi connectivity index (χ2n) is 5.39. The molecule has 0 N–H and O–H groups in total. The fraction of sp³-hybridized carbons (Fsp3) is 0.667. The van der Waals surface area contributed by atoms with Gasteiger partial charge < -0.3 is 4.74 Å². The van der Waals surface area contributed by atoms with Crippen molar-refractivity contribution in [2.45, 2.75) is 45.3 Å². The van der Waals surface area contributed by atoms with E-state index in [9.17, 15) is 4.79 Å². The average molecular weight is 269 g/mol. The predicted molar refractivity (Wildman–Crippen MR) is 71.2 cm³/mol. The minimum atomic E-state index is -0.449. The first-order valence-electron chi connectivity index (χ1n) is 5.91. The number of hydrogen-bond donors (Lipinski definition) is 0. The quantitative estimate of drug-likeness (QED) is 0.827. The van der Waals surface area contributed by atoms with Crippen molar-refractivity contribution >= 4 is 17.9 Å². The predicted octanol–water partition coefficient (Wildman–Crippen LogP) is 2.45. The lowest BCUT2D eigenvalue weighted by Gasteiger charge is -2.24. The van der Waals surface area contributed by atoms with Crippen molar-refractivity contribution in [3.63, 3.8) is 0 Å². The molecule has 2 heterocycles. The molecule has 0 bridgehead atoms. The Labute approximate surface area is 111 Å². The highest BCUT2D eigenvalue weighted by atomic mass is 32.2. The Morgan fingerprint density at radius 2 is 2.22 bits per heavy atom. The van der Waals surface area contributed by atoms with Gasteiger partial charge in [-0.2, -0.15) is 5.10 Å². The maximum atomic E-state index is 11.9. The first kappa shape index (κ1) is 13.3. The van der Waals surface area contributed by atoms with Crippen LogP contribution in [0.15, 0.2) is 6.20 Å². The summed E-state index contributed by atoms with van der Waals surface area (Å²) in [7, 11) is 0. The molecule has 0 saturated carbocycles. The summed E-state index contributed by atoms with van der Waals surface area (Å²) in [6.07, 6.45) is 3.78. The van der Waals surface area contributed by atoms with Crippen LogP contribution in [0.25, 0.3) is 0 Å². The van der Waals surface area contributed by atoms with E-state index in [1.54, 1.807) is 16.7 Å². The average Bonchev–Trinajstić information content (AvgIpc) is 2.72. The summed E-state index contributed by atoms with van der Waals surface area (Å²) in [5.41, 5.74) is 1.65. The lowest BCUT2D eigenvalue weighted by Crippen LogP contribution is -2.33. The van der Waals surface area contributed by atoms with E-state index in [2.05, 4.69) is 5.10 Å². The second-order valence-corrected chi connectivity index (χ2v) is 6.23. The van der Waals surface area contributed by atoms with Crippen molar-refractivity contribution in [1.29, 1.82) is 0 Å². The number of hydrogen-bond acceptors (Lipinski definition) is 4. The van der Waals surface area contributed by atoms with Crippen LogP contribution in [-0.2, 0) is 23.7 Å². The molecular weight excluding hydrogens is 250 g/mol. The van der Waals surface area contributed by atoms with Crippen LogP contribution in [0.4, 0.5) is 4.79 Å². The molecule has 0 unspecified atom stereocenters. The third kappa shape index (κ3) is 2.98. The van der Waals surface area contributed by atoms with Crippen LogP contribution in [0.3, 0.4) is 0 Å². The lowest BCUT2D eigenvalue weighted by atomic mass is 10.2. The van der Waals surface area contributed by atoms with Gasteiger partial charge in [-0.25, -0.2) is 4.79 Å². The van der Waals surface area contributed by atoms with E-state index in [1.165, 1.54) is 0 Å². The standard InChI is InChI=1S/C12H19N3O2S/c1-12(2,3)17-11(16)14-5-9-6-15(8-18-4)13-10(9)7-14/h6H,5,7-8H2,1-4H3. The maximum absolute atomic E-state index is 11.9. The second kappa shape index (κ2) is 4.84. The van der Waals surface area contributed by atoms with Gasteiger partial charge in [0.05, 0.1) is 24.7 Å². The Kier molecular flexibility index (Phi) is 3.56. The molecule has 0 radical (unpaired) electrons. The Morgan fingerprint density at radius 3 is 2.78 bits per heavy atom. The van der Waals surface area contributed by atoms with Gasteiger partial charge in [-0.3, -0.25) is 9.58 Å². The first-order chi connectivity index (χ1) is 8.39. The van der Waals surface area contributed by atoms with Gasteiger partial charge in [-0.05, 0) is 27.0 Å². The summed E-state index contributed by atoms with van der Waals surface area (Å²) in [4.78, 5) is 13.6. The van der Waals surface area contributed by atoms with Crippen molar-refractivity contribution in [2.75, 3.05) is 6.26 Å². The normalized spacial score (nSPS) is 14.8. The molecule has 5 nitrogen and oxygen atoms in total. The number of rotatable bonds is 2. The molecule has 0 aromatic carbocycles. The van der Waals surface area contributed by atoms with Crippen LogP contribution >= 0.6 is 11.8 Å². The molecule has 1 aromatic rings. The Bertz CT molecular complexity index is 427. The summed E-state index contributed by atoms with van der Waals surface area (Å²) >= 11 is 1.72. The van der Waals surface area contributed by atoms with Gasteiger partial charge in [-0.15, -0.1) is 11.8 Å². The number of thioether (sulfide) groups is 1. The van der Waals surface area contributed by atoms with Crippen LogP contribution in [0.2, 0.25) is 0 Å². The highest BCUT2D eigenvalue weighted by Gasteiger charge is 2.29. The molecular formula is C12H19N3O2S. The number of fused-ring (bicyclic) bond motifs is 1. The summed E-state index contributed by atoms with van der Waals surface area (Å²) in [5.74, 6) is 0.847. The highest BCUT2D eigenvalue weighted by Crippen LogP contribution is 2.23. The van der Waals surface area contributed by atoms with Gasteiger partial charge >= 0.3 is 6.09 Å². The van der Waals surface area contributed by atoms with Gasteiger partial charge in [0.15, 0.2) is 0 Å². The number of amides is 1. The summed E-state index contributed by atoms with van der Waals surface area (Å²) < 4.78 is 7.27. The van der Waals surface area contributed by atoms with Crippen LogP contribution in [-0.4, -0.2) is 32.6 Å². The number of ether oxygens (including phenoxy) is 1. The summed E-state index contributed by atoms with van der Waals surface area (Å²) in [6, 6.07) is 0. The molecule has 1 aliphatic rings. The maximum Gasteiger partial charge on any atom is 0.410 e. The number of carbonyl (C=O) groups excluding carboxylic acids is 1. The fourth-order valence-corrected chi connectivity index (χ4v) is 2.26. The first-order valence-corrected chi connectivity index (χ1v) is 7.30. The molecule has 1 aliphatic heterocycles. The van der Waals surface area contributed by atoms with Crippen LogP contribution in [0.5, 0.6) is 0 Å². The van der Waals surface area contributed by atoms with Gasteiger partial charge in [0.25, 0.3) is 0 Å². The van der Waals surface area contributed by atoms with Gasteiger partial charge in [0.2, 0.25) is 0 Å². The molecule has 2 rings (SSSR count). The molecule has 18 heavy (non-hydrogen) atoms. The molecule has 1 aromatic heterocycles. The molecule has 100 valence electrons. The van der Waals surface area contributed by atoms with E-state index in [0.29, 0.717) is 13.1 Å². The fourth-order valence-electron chi connectivity index (χ4n) is 1.86. The SMILES string of the molecule is CSCn1cc2c(n1)CN(C(=O)OC(C)(C)C)C2. The van der Waals surface area contributed by atoms with Crippen LogP contribution in [0, 0.1) is 0 Å². The smallest absolute Gasteiger partial charge is 0.410 e. The molecule has 0 saturated heterocycles. The zero-order chi connectivity index (χ0) is 13.3. The minimum absolute atomic E-state index is 0.267. The topological polar surface area (TPSA) is 47.4 Å². The molecule has 1 amide bonds. The van der Waals surface area contributed by atoms with Gasteiger partial charge in [0.1, 0.15) is 5.60 Å². The van der Waals surface area contributed by atoms with Gasteiger partial charge in [0, 0.05) is 11.8 Å². The third-order valence-electron chi connectivity index (χ3n) is 2.54. The van der Waals surface area contributed by atoms with Crippen LogP contribution < -0.4 is 0 Å². The van der Waals surface area contributed by atoms with E-state index in [0.717, 1.165) is 17.1 Å². The zero-order valence-electron chi connectivity index (χ0n) is 11.3. The molecule has 0 fully saturated rings. The van der Waals surface area contributed by atoms with E-state index < -0.39 is 5.60 Å².